The zero-order valence-corrected chi connectivity index (χ0v) is 9.53. The average Bonchev–Trinajstić information content (AvgIpc) is 2.91. The highest BCUT2D eigenvalue weighted by molar-refractivity contribution is 7.07. The van der Waals surface area contributed by atoms with E-state index in [1.54, 1.807) is 10.9 Å². The van der Waals surface area contributed by atoms with Crippen molar-refractivity contribution in [2.75, 3.05) is 0 Å². The SMILES string of the molecule is O=C(NCc1cscn1)ON1C(=O)CCC1=O. The highest BCUT2D eigenvalue weighted by atomic mass is 32.1. The standard InChI is InChI=1S/C9H9N3O4S/c13-7-1-2-8(14)12(7)16-9(15)10-3-6-4-17-5-11-6/h4-5H,1-3H2,(H,10,15). The van der Waals surface area contributed by atoms with Gasteiger partial charge in [0.05, 0.1) is 17.7 Å². The molecule has 17 heavy (non-hydrogen) atoms. The first-order chi connectivity index (χ1) is 8.16. The summed E-state index contributed by atoms with van der Waals surface area (Å²) in [5.41, 5.74) is 2.32. The van der Waals surface area contributed by atoms with Crippen LogP contribution in [-0.4, -0.2) is 28.0 Å². The van der Waals surface area contributed by atoms with Crippen LogP contribution in [0.3, 0.4) is 0 Å². The van der Waals surface area contributed by atoms with Crippen LogP contribution in [0.25, 0.3) is 0 Å². The second kappa shape index (κ2) is 4.91. The van der Waals surface area contributed by atoms with Gasteiger partial charge in [-0.05, 0) is 0 Å². The fourth-order valence-corrected chi connectivity index (χ4v) is 1.82. The van der Waals surface area contributed by atoms with Crippen molar-refractivity contribution in [2.45, 2.75) is 19.4 Å². The first-order valence-corrected chi connectivity index (χ1v) is 5.80. The number of carbonyl (C=O) groups excluding carboxylic acids is 3. The van der Waals surface area contributed by atoms with Gasteiger partial charge in [0.1, 0.15) is 0 Å². The number of imide groups is 1. The van der Waals surface area contributed by atoms with Gasteiger partial charge in [-0.15, -0.1) is 16.4 Å². The molecule has 1 aromatic heterocycles. The number of nitrogens with one attached hydrogen (secondary N) is 1. The molecule has 1 aliphatic rings. The lowest BCUT2D eigenvalue weighted by Crippen LogP contribution is -2.36. The van der Waals surface area contributed by atoms with Gasteiger partial charge in [0.25, 0.3) is 11.8 Å². The number of hydrogen-bond acceptors (Lipinski definition) is 6. The van der Waals surface area contributed by atoms with Crippen molar-refractivity contribution in [1.29, 1.82) is 0 Å². The number of thiazole rings is 1. The Balaban J connectivity index is 1.81. The maximum Gasteiger partial charge on any atom is 0.432 e. The second-order valence-corrected chi connectivity index (χ2v) is 4.01. The largest absolute Gasteiger partial charge is 0.432 e. The third-order valence-electron chi connectivity index (χ3n) is 2.08. The number of amides is 3. The Kier molecular flexibility index (Phi) is 3.33. The van der Waals surface area contributed by atoms with Crippen LogP contribution >= 0.6 is 11.3 Å². The van der Waals surface area contributed by atoms with Crippen molar-refractivity contribution in [2.24, 2.45) is 0 Å². The molecule has 1 saturated heterocycles. The summed E-state index contributed by atoms with van der Waals surface area (Å²) in [5, 5.41) is 4.66. The third kappa shape index (κ3) is 2.78. The summed E-state index contributed by atoms with van der Waals surface area (Å²) < 4.78 is 0. The van der Waals surface area contributed by atoms with Crippen LogP contribution in [0.5, 0.6) is 0 Å². The molecule has 8 heteroatoms. The van der Waals surface area contributed by atoms with Gasteiger partial charge in [-0.2, -0.15) is 0 Å². The lowest BCUT2D eigenvalue weighted by atomic mass is 10.4. The van der Waals surface area contributed by atoms with E-state index in [1.807, 2.05) is 0 Å². The van der Waals surface area contributed by atoms with E-state index >= 15 is 0 Å². The fraction of sp³-hybridized carbons (Fsp3) is 0.333. The van der Waals surface area contributed by atoms with Crippen molar-refractivity contribution >= 4 is 29.2 Å². The molecule has 0 aliphatic carbocycles. The van der Waals surface area contributed by atoms with Crippen LogP contribution < -0.4 is 5.32 Å². The smallest absolute Gasteiger partial charge is 0.314 e. The summed E-state index contributed by atoms with van der Waals surface area (Å²) in [7, 11) is 0. The zero-order valence-electron chi connectivity index (χ0n) is 8.71. The highest BCUT2D eigenvalue weighted by Crippen LogP contribution is 2.11. The molecule has 0 spiro atoms. The first kappa shape index (κ1) is 11.5. The van der Waals surface area contributed by atoms with Crippen molar-refractivity contribution in [3.63, 3.8) is 0 Å². The van der Waals surface area contributed by atoms with Gasteiger partial charge in [0.2, 0.25) is 0 Å². The van der Waals surface area contributed by atoms with Gasteiger partial charge in [-0.25, -0.2) is 9.78 Å². The van der Waals surface area contributed by atoms with Crippen LogP contribution in [0, 0.1) is 0 Å². The van der Waals surface area contributed by atoms with Crippen molar-refractivity contribution in [3.8, 4) is 0 Å². The number of hydroxylamine groups is 2. The minimum Gasteiger partial charge on any atom is -0.314 e. The number of rotatable bonds is 3. The second-order valence-electron chi connectivity index (χ2n) is 3.29. The van der Waals surface area contributed by atoms with Crippen LogP contribution in [0.2, 0.25) is 0 Å². The van der Waals surface area contributed by atoms with Crippen molar-refractivity contribution in [1.82, 2.24) is 15.4 Å². The molecule has 3 amide bonds. The topological polar surface area (TPSA) is 88.6 Å². The summed E-state index contributed by atoms with van der Waals surface area (Å²) in [5.74, 6) is -1.00. The highest BCUT2D eigenvalue weighted by Gasteiger charge is 2.32. The molecule has 90 valence electrons. The predicted molar refractivity (Wildman–Crippen MR) is 56.5 cm³/mol. The molecule has 2 heterocycles. The Bertz CT molecular complexity index is 429. The Labute approximate surface area is 100 Å². The third-order valence-corrected chi connectivity index (χ3v) is 2.71. The molecular formula is C9H9N3O4S. The van der Waals surface area contributed by atoms with Crippen molar-refractivity contribution < 1.29 is 19.2 Å². The molecule has 0 saturated carbocycles. The molecule has 1 aliphatic heterocycles. The summed E-state index contributed by atoms with van der Waals surface area (Å²) in [6.07, 6.45) is -0.683. The molecule has 1 N–H and O–H groups in total. The maximum absolute atomic E-state index is 11.3. The van der Waals surface area contributed by atoms with E-state index in [9.17, 15) is 14.4 Å². The lowest BCUT2D eigenvalue weighted by Gasteiger charge is -2.12. The molecule has 0 unspecified atom stereocenters. The molecule has 2 rings (SSSR count). The number of hydrogen-bond donors (Lipinski definition) is 1. The van der Waals surface area contributed by atoms with Crippen LogP contribution in [0.4, 0.5) is 4.79 Å². The monoisotopic (exact) mass is 255 g/mol. The molecule has 0 radical (unpaired) electrons. The summed E-state index contributed by atoms with van der Waals surface area (Å²) in [6, 6.07) is 0. The van der Waals surface area contributed by atoms with E-state index in [0.717, 1.165) is 0 Å². The van der Waals surface area contributed by atoms with E-state index in [-0.39, 0.29) is 19.4 Å². The van der Waals surface area contributed by atoms with Crippen LogP contribution in [0.15, 0.2) is 10.9 Å². The lowest BCUT2D eigenvalue weighted by molar-refractivity contribution is -0.171. The average molecular weight is 255 g/mol. The van der Waals surface area contributed by atoms with Crippen LogP contribution in [-0.2, 0) is 21.0 Å². The molecule has 1 fully saturated rings. The van der Waals surface area contributed by atoms with E-state index in [0.29, 0.717) is 10.8 Å². The molecule has 1 aromatic rings. The van der Waals surface area contributed by atoms with E-state index < -0.39 is 17.9 Å². The number of aromatic nitrogens is 1. The minimum atomic E-state index is -0.846. The van der Waals surface area contributed by atoms with Crippen LogP contribution in [0.1, 0.15) is 18.5 Å². The van der Waals surface area contributed by atoms with Gasteiger partial charge in [-0.3, -0.25) is 9.59 Å². The predicted octanol–water partition coefficient (Wildman–Crippen LogP) is 0.433. The Morgan fingerprint density at radius 3 is 2.76 bits per heavy atom. The molecule has 0 bridgehead atoms. The van der Waals surface area contributed by atoms with Gasteiger partial charge in [0.15, 0.2) is 0 Å². The molecular weight excluding hydrogens is 246 g/mol. The van der Waals surface area contributed by atoms with Gasteiger partial charge in [0, 0.05) is 18.2 Å². The normalized spacial score (nSPS) is 15.2. The Hall–Kier alpha value is -1.96. The number of nitrogens with zero attached hydrogens (tertiary/aromatic N) is 2. The van der Waals surface area contributed by atoms with E-state index in [2.05, 4.69) is 15.1 Å². The van der Waals surface area contributed by atoms with E-state index in [1.165, 1.54) is 11.3 Å². The summed E-state index contributed by atoms with van der Waals surface area (Å²) >= 11 is 1.40. The first-order valence-electron chi connectivity index (χ1n) is 4.85. The zero-order chi connectivity index (χ0) is 12.3. The molecule has 0 atom stereocenters. The van der Waals surface area contributed by atoms with Gasteiger partial charge in [-0.1, -0.05) is 0 Å². The van der Waals surface area contributed by atoms with Crippen molar-refractivity contribution in [3.05, 3.63) is 16.6 Å². The number of carbonyl (C=O) groups is 3. The summed E-state index contributed by atoms with van der Waals surface area (Å²) in [4.78, 5) is 42.1. The minimum absolute atomic E-state index is 0.0815. The fourth-order valence-electron chi connectivity index (χ4n) is 1.26. The molecule has 0 aromatic carbocycles. The molecule has 7 nitrogen and oxygen atoms in total. The quantitative estimate of drug-likeness (QED) is 0.791. The van der Waals surface area contributed by atoms with Gasteiger partial charge < -0.3 is 10.2 Å². The summed E-state index contributed by atoms with van der Waals surface area (Å²) in [6.45, 7) is 0.193. The Morgan fingerprint density at radius 2 is 2.18 bits per heavy atom. The van der Waals surface area contributed by atoms with Gasteiger partial charge >= 0.3 is 6.09 Å². The maximum atomic E-state index is 11.3. The van der Waals surface area contributed by atoms with E-state index in [4.69, 9.17) is 0 Å². The Morgan fingerprint density at radius 1 is 1.47 bits per heavy atom.